The lowest BCUT2D eigenvalue weighted by atomic mass is 9.77. The van der Waals surface area contributed by atoms with Gasteiger partial charge in [-0.2, -0.15) is 5.11 Å². The van der Waals surface area contributed by atoms with Crippen molar-refractivity contribution in [3.05, 3.63) is 89.0 Å². The molecule has 1 aliphatic heterocycles. The molecule has 1 unspecified atom stereocenters. The Morgan fingerprint density at radius 1 is 0.831 bits per heavy atom. The van der Waals surface area contributed by atoms with Crippen LogP contribution in [0.25, 0.3) is 11.1 Å². The van der Waals surface area contributed by atoms with Gasteiger partial charge in [-0.25, -0.2) is 9.79 Å². The van der Waals surface area contributed by atoms with Crippen LogP contribution in [0.1, 0.15) is 112 Å². The van der Waals surface area contributed by atoms with Crippen LogP contribution in [0.3, 0.4) is 0 Å². The van der Waals surface area contributed by atoms with Crippen molar-refractivity contribution >= 4 is 35.1 Å². The van der Waals surface area contributed by atoms with Gasteiger partial charge in [0, 0.05) is 54.1 Å². The predicted octanol–water partition coefficient (Wildman–Crippen LogP) is 9.61. The van der Waals surface area contributed by atoms with E-state index in [9.17, 15) is 19.2 Å². The van der Waals surface area contributed by atoms with E-state index in [2.05, 4.69) is 63.9 Å². The Morgan fingerprint density at radius 3 is 2.10 bits per heavy atom. The number of amides is 2. The average Bonchev–Trinajstić information content (AvgIpc) is 3.76. The van der Waals surface area contributed by atoms with Crippen LogP contribution in [0, 0.1) is 30.6 Å². The molecule has 2 aliphatic carbocycles. The first-order chi connectivity index (χ1) is 28.2. The molecule has 2 amide bonds. The summed E-state index contributed by atoms with van der Waals surface area (Å²) in [5.41, 5.74) is 5.78. The summed E-state index contributed by atoms with van der Waals surface area (Å²) in [7, 11) is 4.28. The van der Waals surface area contributed by atoms with E-state index >= 15 is 0 Å². The van der Waals surface area contributed by atoms with Crippen LogP contribution in [0.5, 0.6) is 0 Å². The number of carbonyl (C=O) groups excluding carboxylic acids is 4. The Labute approximate surface area is 349 Å². The van der Waals surface area contributed by atoms with Crippen LogP contribution < -0.4 is 10.6 Å². The third-order valence-corrected chi connectivity index (χ3v) is 12.2. The molecule has 0 radical (unpaired) electrons. The molecule has 0 aromatic heterocycles. The van der Waals surface area contributed by atoms with Crippen molar-refractivity contribution in [2.75, 3.05) is 32.6 Å². The maximum atomic E-state index is 14.0. The highest BCUT2D eigenvalue weighted by Gasteiger charge is 2.31. The van der Waals surface area contributed by atoms with E-state index in [-0.39, 0.29) is 35.7 Å². The van der Waals surface area contributed by atoms with Crippen LogP contribution in [0.4, 0.5) is 10.5 Å². The number of benzene rings is 3. The van der Waals surface area contributed by atoms with Crippen LogP contribution in [-0.2, 0) is 20.7 Å². The lowest BCUT2D eigenvalue weighted by Gasteiger charge is -2.32. The molecule has 314 valence electrons. The van der Waals surface area contributed by atoms with Crippen molar-refractivity contribution < 1.29 is 23.9 Å². The number of amidine groups is 1. The Morgan fingerprint density at radius 2 is 1.49 bits per heavy atom. The van der Waals surface area contributed by atoms with Gasteiger partial charge in [-0.05, 0) is 164 Å². The number of aryl methyl sites for hydroxylation is 1. The number of ether oxygens (including phenoxy) is 1. The molecule has 2 fully saturated rings. The predicted molar refractivity (Wildman–Crippen MR) is 233 cm³/mol. The fraction of sp³-hybridized carbons (Fsp3) is 0.521. The molecule has 0 bridgehead atoms. The zero-order chi connectivity index (χ0) is 42.1. The van der Waals surface area contributed by atoms with Crippen LogP contribution >= 0.6 is 0 Å². The maximum absolute atomic E-state index is 14.0. The fourth-order valence-corrected chi connectivity index (χ4v) is 8.73. The Kier molecular flexibility index (Phi) is 14.6. The lowest BCUT2D eigenvalue weighted by Crippen LogP contribution is -2.37. The van der Waals surface area contributed by atoms with Crippen LogP contribution in [-0.4, -0.2) is 73.3 Å². The van der Waals surface area contributed by atoms with Gasteiger partial charge in [0.25, 0.3) is 0 Å². The number of nitrogens with zero attached hydrogens (tertiary/aromatic N) is 4. The summed E-state index contributed by atoms with van der Waals surface area (Å²) in [6.07, 6.45) is 8.35. The van der Waals surface area contributed by atoms with E-state index in [0.717, 1.165) is 84.7 Å². The second-order valence-corrected chi connectivity index (χ2v) is 18.1. The molecular weight excluding hydrogens is 741 g/mol. The largest absolute Gasteiger partial charge is 0.444 e. The molecule has 3 aliphatic rings. The first-order valence-electron chi connectivity index (χ1n) is 21.4. The number of aliphatic imine (C=N–C) groups is 1. The van der Waals surface area contributed by atoms with Crippen molar-refractivity contribution in [1.29, 1.82) is 0 Å². The highest BCUT2D eigenvalue weighted by molar-refractivity contribution is 6.01. The van der Waals surface area contributed by atoms with Crippen molar-refractivity contribution in [3.8, 4) is 11.1 Å². The molecule has 6 rings (SSSR count). The summed E-state index contributed by atoms with van der Waals surface area (Å²) in [5.74, 6) is 0.723. The third kappa shape index (κ3) is 12.5. The number of Topliss-reactive ketones (excluding diaryl/α,β-unsaturated/α-hetero) is 2. The minimum absolute atomic E-state index is 0.104. The summed E-state index contributed by atoms with van der Waals surface area (Å²) >= 11 is 0. The smallest absolute Gasteiger partial charge is 0.407 e. The topological polar surface area (TPSA) is 142 Å². The molecule has 59 heavy (non-hydrogen) atoms. The number of alkyl carbamates (subject to hydrolysis) is 1. The Bertz CT molecular complexity index is 2000. The monoisotopic (exact) mass is 802 g/mol. The fourth-order valence-electron chi connectivity index (χ4n) is 8.73. The van der Waals surface area contributed by atoms with Crippen molar-refractivity contribution in [2.45, 2.75) is 110 Å². The summed E-state index contributed by atoms with van der Waals surface area (Å²) in [6, 6.07) is 22.2. The van der Waals surface area contributed by atoms with Gasteiger partial charge in [-0.15, -0.1) is 5.11 Å². The van der Waals surface area contributed by atoms with Crippen LogP contribution in [0.2, 0.25) is 0 Å². The minimum Gasteiger partial charge on any atom is -0.444 e. The van der Waals surface area contributed by atoms with Crippen molar-refractivity contribution in [2.24, 2.45) is 38.9 Å². The average molecular weight is 803 g/mol. The summed E-state index contributed by atoms with van der Waals surface area (Å²) < 4.78 is 5.38. The molecule has 1 heterocycles. The molecule has 11 nitrogen and oxygen atoms in total. The van der Waals surface area contributed by atoms with Gasteiger partial charge in [0.15, 0.2) is 18.3 Å². The minimum atomic E-state index is -0.572. The SMILES string of the molecule is Cc1cc(C(=O)CC2CCC(N(C)C)CC2)ccc1-c1ccc(CC(CC(=O)C2CCC(CNC(=O)OC(C)(C)C)CC2)C(=O)Nc2ccc(C3=NCN=N3)cc2)cc1. The van der Waals surface area contributed by atoms with Gasteiger partial charge < -0.3 is 20.3 Å². The summed E-state index contributed by atoms with van der Waals surface area (Å²) in [6.45, 7) is 8.41. The number of hydrogen-bond acceptors (Lipinski definition) is 9. The number of azo groups is 1. The summed E-state index contributed by atoms with van der Waals surface area (Å²) in [5, 5.41) is 13.9. The van der Waals surface area contributed by atoms with Crippen LogP contribution in [0.15, 0.2) is 82.0 Å². The van der Waals surface area contributed by atoms with E-state index in [1.807, 2.05) is 75.4 Å². The highest BCUT2D eigenvalue weighted by Crippen LogP contribution is 2.33. The van der Waals surface area contributed by atoms with Crippen molar-refractivity contribution in [3.63, 3.8) is 0 Å². The number of nitrogens with one attached hydrogen (secondary N) is 2. The van der Waals surface area contributed by atoms with E-state index in [1.54, 1.807) is 0 Å². The quantitative estimate of drug-likeness (QED) is 0.147. The third-order valence-electron chi connectivity index (χ3n) is 12.2. The number of rotatable bonds is 15. The van der Waals surface area contributed by atoms with Gasteiger partial charge in [0.05, 0.1) is 0 Å². The Balaban J connectivity index is 1.09. The van der Waals surface area contributed by atoms with Gasteiger partial charge >= 0.3 is 6.09 Å². The number of anilines is 1. The molecule has 0 saturated heterocycles. The first-order valence-corrected chi connectivity index (χ1v) is 21.4. The molecule has 3 aromatic carbocycles. The second-order valence-electron chi connectivity index (χ2n) is 18.1. The van der Waals surface area contributed by atoms with Gasteiger partial charge in [-0.1, -0.05) is 36.4 Å². The van der Waals surface area contributed by atoms with Gasteiger partial charge in [0.1, 0.15) is 11.4 Å². The molecule has 2 N–H and O–H groups in total. The number of hydrogen-bond donors (Lipinski definition) is 2. The van der Waals surface area contributed by atoms with Gasteiger partial charge in [0.2, 0.25) is 5.91 Å². The molecule has 3 aromatic rings. The molecule has 0 spiro atoms. The maximum Gasteiger partial charge on any atom is 0.407 e. The van der Waals surface area contributed by atoms with E-state index in [0.29, 0.717) is 49.5 Å². The molecule has 2 saturated carbocycles. The Hall–Kier alpha value is -5.03. The van der Waals surface area contributed by atoms with E-state index in [4.69, 9.17) is 4.74 Å². The molecule has 11 heteroatoms. The van der Waals surface area contributed by atoms with Crippen molar-refractivity contribution in [1.82, 2.24) is 10.2 Å². The zero-order valence-corrected chi connectivity index (χ0v) is 35.8. The number of ketones is 2. The zero-order valence-electron chi connectivity index (χ0n) is 35.8. The summed E-state index contributed by atoms with van der Waals surface area (Å²) in [4.78, 5) is 59.9. The molecular formula is C48H62N6O5. The van der Waals surface area contributed by atoms with Gasteiger partial charge in [-0.3, -0.25) is 14.4 Å². The van der Waals surface area contributed by atoms with E-state index < -0.39 is 17.6 Å². The normalized spacial score (nSPS) is 21.1. The van der Waals surface area contributed by atoms with E-state index in [1.165, 1.54) is 0 Å². The lowest BCUT2D eigenvalue weighted by molar-refractivity contribution is -0.129. The number of carbonyl (C=O) groups is 4. The first kappa shape index (κ1) is 43.5. The highest BCUT2D eigenvalue weighted by atomic mass is 16.6. The second kappa shape index (κ2) is 19.8. The standard InChI is InChI=1S/C48H62N6O5/c1-31-25-38(43(55)27-33-11-22-41(23-12-33)54(5)6)19-24-42(31)35-13-7-32(8-14-35)26-39(46(57)52-40-20-17-37(18-21-40)45-50-30-51-53-45)28-44(56)36-15-9-34(10-16-36)29-49-47(58)59-48(2,3)4/h7-8,13-14,17-21,24-25,33-34,36,39,41H,9-12,15-16,22-23,26-30H2,1-6H3,(H,49,58)(H,52,57). The molecule has 1 atom stereocenters.